The van der Waals surface area contributed by atoms with Crippen molar-refractivity contribution in [1.29, 1.82) is 0 Å². The second kappa shape index (κ2) is 8.02. The molecule has 7 heteroatoms. The van der Waals surface area contributed by atoms with Crippen LogP contribution in [0.3, 0.4) is 0 Å². The SMILES string of the molecule is Cc1cccc(C)c1OCCNC(=O)c1ccc(NS(C)(=O)=O)cc1. The molecular weight excluding hydrogens is 340 g/mol. The van der Waals surface area contributed by atoms with Crippen molar-refractivity contribution in [3.63, 3.8) is 0 Å². The number of nitrogens with one attached hydrogen (secondary N) is 2. The van der Waals surface area contributed by atoms with Gasteiger partial charge in [0.05, 0.1) is 12.8 Å². The Kier molecular flexibility index (Phi) is 6.03. The van der Waals surface area contributed by atoms with Crippen LogP contribution in [0.5, 0.6) is 5.75 Å². The van der Waals surface area contributed by atoms with Gasteiger partial charge in [0, 0.05) is 11.3 Å². The summed E-state index contributed by atoms with van der Waals surface area (Å²) in [6.45, 7) is 4.70. The largest absolute Gasteiger partial charge is 0.491 e. The first kappa shape index (κ1) is 18.8. The number of hydrogen-bond acceptors (Lipinski definition) is 4. The fraction of sp³-hybridized carbons (Fsp3) is 0.278. The molecule has 0 unspecified atom stereocenters. The highest BCUT2D eigenvalue weighted by atomic mass is 32.2. The number of para-hydroxylation sites is 1. The van der Waals surface area contributed by atoms with Crippen LogP contribution in [0.15, 0.2) is 42.5 Å². The summed E-state index contributed by atoms with van der Waals surface area (Å²) in [7, 11) is -3.33. The summed E-state index contributed by atoms with van der Waals surface area (Å²) in [4.78, 5) is 12.1. The van der Waals surface area contributed by atoms with E-state index < -0.39 is 10.0 Å². The quantitative estimate of drug-likeness (QED) is 0.741. The molecule has 6 nitrogen and oxygen atoms in total. The van der Waals surface area contributed by atoms with Crippen LogP contribution in [-0.2, 0) is 10.0 Å². The molecule has 0 saturated carbocycles. The van der Waals surface area contributed by atoms with E-state index in [1.165, 1.54) is 0 Å². The van der Waals surface area contributed by atoms with Gasteiger partial charge >= 0.3 is 0 Å². The predicted octanol–water partition coefficient (Wildman–Crippen LogP) is 2.48. The van der Waals surface area contributed by atoms with Gasteiger partial charge in [-0.05, 0) is 49.2 Å². The van der Waals surface area contributed by atoms with Gasteiger partial charge in [-0.1, -0.05) is 18.2 Å². The summed E-state index contributed by atoms with van der Waals surface area (Å²) in [6.07, 6.45) is 1.07. The zero-order valence-electron chi connectivity index (χ0n) is 14.5. The van der Waals surface area contributed by atoms with Crippen LogP contribution in [-0.4, -0.2) is 33.7 Å². The van der Waals surface area contributed by atoms with Crippen molar-refractivity contribution in [1.82, 2.24) is 5.32 Å². The smallest absolute Gasteiger partial charge is 0.251 e. The van der Waals surface area contributed by atoms with Crippen LogP contribution in [0, 0.1) is 13.8 Å². The molecule has 0 aliphatic rings. The van der Waals surface area contributed by atoms with E-state index in [2.05, 4.69) is 10.0 Å². The summed E-state index contributed by atoms with van der Waals surface area (Å²) in [5.41, 5.74) is 2.98. The fourth-order valence-corrected chi connectivity index (χ4v) is 2.91. The van der Waals surface area contributed by atoms with Crippen molar-refractivity contribution in [2.75, 3.05) is 24.1 Å². The lowest BCUT2D eigenvalue weighted by Gasteiger charge is -2.12. The maximum atomic E-state index is 12.1. The van der Waals surface area contributed by atoms with Gasteiger partial charge in [0.2, 0.25) is 10.0 Å². The van der Waals surface area contributed by atoms with Crippen LogP contribution in [0.4, 0.5) is 5.69 Å². The number of hydrogen-bond donors (Lipinski definition) is 2. The number of sulfonamides is 1. The number of carbonyl (C=O) groups is 1. The monoisotopic (exact) mass is 362 g/mol. The van der Waals surface area contributed by atoms with E-state index in [9.17, 15) is 13.2 Å². The number of rotatable bonds is 7. The van der Waals surface area contributed by atoms with Crippen molar-refractivity contribution in [2.24, 2.45) is 0 Å². The van der Waals surface area contributed by atoms with Crippen LogP contribution in [0.25, 0.3) is 0 Å². The highest BCUT2D eigenvalue weighted by Gasteiger charge is 2.07. The van der Waals surface area contributed by atoms with Crippen LogP contribution in [0.2, 0.25) is 0 Å². The van der Waals surface area contributed by atoms with Crippen molar-refractivity contribution < 1.29 is 17.9 Å². The molecule has 0 radical (unpaired) electrons. The molecule has 1 amide bonds. The molecule has 0 aliphatic heterocycles. The first-order valence-corrected chi connectivity index (χ1v) is 9.70. The second-order valence-electron chi connectivity index (χ2n) is 5.78. The van der Waals surface area contributed by atoms with Gasteiger partial charge in [0.25, 0.3) is 5.91 Å². The topological polar surface area (TPSA) is 84.5 Å². The number of carbonyl (C=O) groups excluding carboxylic acids is 1. The molecule has 0 saturated heterocycles. The van der Waals surface area contributed by atoms with Gasteiger partial charge in [-0.3, -0.25) is 9.52 Å². The number of benzene rings is 2. The molecule has 0 heterocycles. The van der Waals surface area contributed by atoms with Crippen molar-refractivity contribution in [3.05, 3.63) is 59.2 Å². The van der Waals surface area contributed by atoms with E-state index in [4.69, 9.17) is 4.74 Å². The minimum Gasteiger partial charge on any atom is -0.491 e. The van der Waals surface area contributed by atoms with Crippen molar-refractivity contribution in [2.45, 2.75) is 13.8 Å². The van der Waals surface area contributed by atoms with Gasteiger partial charge in [0.15, 0.2) is 0 Å². The molecule has 134 valence electrons. The average molecular weight is 362 g/mol. The summed E-state index contributed by atoms with van der Waals surface area (Å²) < 4.78 is 30.4. The van der Waals surface area contributed by atoms with E-state index in [0.717, 1.165) is 23.1 Å². The molecule has 0 fully saturated rings. The Bertz CT molecular complexity index is 826. The molecular formula is C18H22N2O4S. The Morgan fingerprint density at radius 2 is 1.64 bits per heavy atom. The Morgan fingerprint density at radius 1 is 1.04 bits per heavy atom. The fourth-order valence-electron chi connectivity index (χ4n) is 2.35. The molecule has 0 atom stereocenters. The molecule has 0 spiro atoms. The van der Waals surface area contributed by atoms with Crippen molar-refractivity contribution in [3.8, 4) is 5.75 Å². The molecule has 25 heavy (non-hydrogen) atoms. The first-order chi connectivity index (χ1) is 11.8. The maximum absolute atomic E-state index is 12.1. The van der Waals surface area contributed by atoms with Gasteiger partial charge in [0.1, 0.15) is 12.4 Å². The minimum absolute atomic E-state index is 0.240. The normalized spacial score (nSPS) is 11.0. The zero-order valence-corrected chi connectivity index (χ0v) is 15.3. The lowest BCUT2D eigenvalue weighted by Crippen LogP contribution is -2.28. The van der Waals surface area contributed by atoms with Gasteiger partial charge in [-0.2, -0.15) is 0 Å². The Hall–Kier alpha value is -2.54. The molecule has 2 N–H and O–H groups in total. The summed E-state index contributed by atoms with van der Waals surface area (Å²) in [5, 5.41) is 2.77. The molecule has 2 aromatic carbocycles. The van der Waals surface area contributed by atoms with E-state index in [1.807, 2.05) is 32.0 Å². The third kappa shape index (κ3) is 5.79. The third-order valence-corrected chi connectivity index (χ3v) is 4.10. The summed E-state index contributed by atoms with van der Waals surface area (Å²) >= 11 is 0. The molecule has 2 rings (SSSR count). The second-order valence-corrected chi connectivity index (χ2v) is 7.53. The summed E-state index contributed by atoms with van der Waals surface area (Å²) in [5.74, 6) is 0.601. The lowest BCUT2D eigenvalue weighted by atomic mass is 10.1. The molecule has 0 bridgehead atoms. The van der Waals surface area contributed by atoms with Gasteiger partial charge in [-0.25, -0.2) is 8.42 Å². The Balaban J connectivity index is 1.84. The Morgan fingerprint density at radius 3 is 2.20 bits per heavy atom. The first-order valence-electron chi connectivity index (χ1n) is 7.81. The lowest BCUT2D eigenvalue weighted by molar-refractivity contribution is 0.0947. The van der Waals surface area contributed by atoms with E-state index in [0.29, 0.717) is 24.4 Å². The highest BCUT2D eigenvalue weighted by molar-refractivity contribution is 7.92. The van der Waals surface area contributed by atoms with E-state index >= 15 is 0 Å². The van der Waals surface area contributed by atoms with E-state index in [-0.39, 0.29) is 5.91 Å². The van der Waals surface area contributed by atoms with Crippen LogP contribution < -0.4 is 14.8 Å². The van der Waals surface area contributed by atoms with Gasteiger partial charge in [-0.15, -0.1) is 0 Å². The van der Waals surface area contributed by atoms with E-state index in [1.54, 1.807) is 24.3 Å². The predicted molar refractivity (Wildman–Crippen MR) is 98.7 cm³/mol. The third-order valence-electron chi connectivity index (χ3n) is 3.49. The Labute approximate surface area is 148 Å². The van der Waals surface area contributed by atoms with Gasteiger partial charge < -0.3 is 10.1 Å². The molecule has 2 aromatic rings. The number of ether oxygens (including phenoxy) is 1. The number of anilines is 1. The van der Waals surface area contributed by atoms with Crippen LogP contribution >= 0.6 is 0 Å². The number of amides is 1. The molecule has 0 aromatic heterocycles. The minimum atomic E-state index is -3.33. The highest BCUT2D eigenvalue weighted by Crippen LogP contribution is 2.21. The average Bonchev–Trinajstić information content (AvgIpc) is 2.52. The summed E-state index contributed by atoms with van der Waals surface area (Å²) in [6, 6.07) is 12.2. The maximum Gasteiger partial charge on any atom is 0.251 e. The zero-order chi connectivity index (χ0) is 18.4. The number of aryl methyl sites for hydroxylation is 2. The molecule has 0 aliphatic carbocycles. The van der Waals surface area contributed by atoms with Crippen molar-refractivity contribution >= 4 is 21.6 Å². The van der Waals surface area contributed by atoms with Crippen LogP contribution in [0.1, 0.15) is 21.5 Å². The standard InChI is InChI=1S/C18H22N2O4S/c1-13-5-4-6-14(2)17(13)24-12-11-19-18(21)15-7-9-16(10-8-15)20-25(3,22)23/h4-10,20H,11-12H2,1-3H3,(H,19,21).